The highest BCUT2D eigenvalue weighted by Gasteiger charge is 2.67. The van der Waals surface area contributed by atoms with E-state index in [-0.39, 0.29) is 23.5 Å². The van der Waals surface area contributed by atoms with E-state index >= 15 is 8.78 Å². The van der Waals surface area contributed by atoms with Crippen LogP contribution in [0.3, 0.4) is 0 Å². The fraction of sp³-hybridized carbons (Fsp3) is 0.464. The van der Waals surface area contributed by atoms with Gasteiger partial charge in [-0.3, -0.25) is 14.5 Å². The molecule has 2 heterocycles. The number of amides is 4. The Kier molecular flexibility index (Phi) is 7.61. The Morgan fingerprint density at radius 3 is 2.33 bits per heavy atom. The minimum absolute atomic E-state index is 0.123. The van der Waals surface area contributed by atoms with Crippen LogP contribution in [-0.2, 0) is 32.3 Å². The quantitative estimate of drug-likeness (QED) is 0.344. The largest absolute Gasteiger partial charge is 0.492 e. The SMILES string of the molecule is CN(C)CCOc1ccc2c(c1)C(F)(F)C[C@]21NC(=O)N(CC(=O)N(Cc2ccc(F)cc2)C2(C(F)(F)F)COC2)C1=O. The number of alkyl halides is 5. The number of hydrogen-bond acceptors (Lipinski definition) is 6. The Hall–Kier alpha value is -3.85. The molecular formula is C28H28F6N4O5. The van der Waals surface area contributed by atoms with Crippen LogP contribution < -0.4 is 10.1 Å². The minimum Gasteiger partial charge on any atom is -0.492 e. The number of carbonyl (C=O) groups excluding carboxylic acids is 3. The van der Waals surface area contributed by atoms with Crippen LogP contribution in [0.5, 0.6) is 5.75 Å². The second-order valence-electron chi connectivity index (χ2n) is 11.1. The molecule has 0 aromatic heterocycles. The van der Waals surface area contributed by atoms with Crippen molar-refractivity contribution in [3.8, 4) is 5.75 Å². The highest BCUT2D eigenvalue weighted by atomic mass is 19.4. The summed E-state index contributed by atoms with van der Waals surface area (Å²) < 4.78 is 97.1. The van der Waals surface area contributed by atoms with E-state index in [1.165, 1.54) is 24.3 Å². The van der Waals surface area contributed by atoms with Crippen molar-refractivity contribution < 1.29 is 50.2 Å². The van der Waals surface area contributed by atoms with E-state index in [9.17, 15) is 31.9 Å². The second kappa shape index (κ2) is 10.7. The van der Waals surface area contributed by atoms with Crippen molar-refractivity contribution >= 4 is 17.8 Å². The molecule has 0 saturated carbocycles. The molecule has 0 bridgehead atoms. The molecule has 15 heteroatoms. The molecule has 0 unspecified atom stereocenters. The predicted octanol–water partition coefficient (Wildman–Crippen LogP) is 3.37. The van der Waals surface area contributed by atoms with Gasteiger partial charge >= 0.3 is 12.2 Å². The van der Waals surface area contributed by atoms with Crippen LogP contribution in [-0.4, -0.2) is 91.3 Å². The fourth-order valence-corrected chi connectivity index (χ4v) is 5.47. The summed E-state index contributed by atoms with van der Waals surface area (Å²) in [5, 5.41) is 2.27. The lowest BCUT2D eigenvalue weighted by molar-refractivity contribution is -0.302. The first-order valence-corrected chi connectivity index (χ1v) is 13.2. The number of ether oxygens (including phenoxy) is 2. The highest BCUT2D eigenvalue weighted by Crippen LogP contribution is 2.53. The number of likely N-dealkylation sites (N-methyl/N-ethyl adjacent to an activating group) is 1. The van der Waals surface area contributed by atoms with Crippen molar-refractivity contribution in [2.45, 2.75) is 36.1 Å². The number of nitrogens with one attached hydrogen (secondary N) is 1. The van der Waals surface area contributed by atoms with Crippen molar-refractivity contribution in [2.75, 3.05) is 47.0 Å². The van der Waals surface area contributed by atoms with Crippen molar-refractivity contribution in [1.29, 1.82) is 0 Å². The van der Waals surface area contributed by atoms with Crippen molar-refractivity contribution in [3.63, 3.8) is 0 Å². The maximum absolute atomic E-state index is 15.3. The van der Waals surface area contributed by atoms with Gasteiger partial charge in [-0.2, -0.15) is 13.2 Å². The number of imide groups is 1. The minimum atomic E-state index is -4.96. The number of fused-ring (bicyclic) bond motifs is 2. The standard InChI is InChI=1S/C28H28F6N4O5/c1-36(2)9-10-43-19-7-8-20-21(11-19)27(30,31)14-26(20)23(40)37(24(41)35-26)13-22(39)38(12-17-3-5-18(29)6-4-17)25(15-42-16-25)28(32,33)34/h3-8,11H,9-10,12-16H2,1-2H3,(H,35,41)/t26-/m0/s1. The van der Waals surface area contributed by atoms with E-state index in [4.69, 9.17) is 9.47 Å². The highest BCUT2D eigenvalue weighted by molar-refractivity contribution is 6.10. The molecule has 2 saturated heterocycles. The third-order valence-corrected chi connectivity index (χ3v) is 7.89. The zero-order chi connectivity index (χ0) is 31.4. The molecule has 232 valence electrons. The molecule has 2 aromatic rings. The van der Waals surface area contributed by atoms with Gasteiger partial charge in [-0.05, 0) is 49.5 Å². The van der Waals surface area contributed by atoms with E-state index < -0.39 is 85.1 Å². The number of urea groups is 1. The monoisotopic (exact) mass is 614 g/mol. The number of rotatable bonds is 9. The Morgan fingerprint density at radius 1 is 1.07 bits per heavy atom. The average molecular weight is 615 g/mol. The van der Waals surface area contributed by atoms with Crippen molar-refractivity contribution in [3.05, 3.63) is 65.0 Å². The normalized spacial score (nSPS) is 22.0. The van der Waals surface area contributed by atoms with Crippen LogP contribution in [0.15, 0.2) is 42.5 Å². The topological polar surface area (TPSA) is 91.4 Å². The Balaban J connectivity index is 1.42. The van der Waals surface area contributed by atoms with E-state index in [0.717, 1.165) is 18.2 Å². The maximum Gasteiger partial charge on any atom is 0.416 e. The maximum atomic E-state index is 15.3. The van der Waals surface area contributed by atoms with Gasteiger partial charge in [0, 0.05) is 18.7 Å². The first-order valence-electron chi connectivity index (χ1n) is 13.2. The molecule has 1 aliphatic carbocycles. The number of hydrogen-bond donors (Lipinski definition) is 1. The summed E-state index contributed by atoms with van der Waals surface area (Å²) in [5.41, 5.74) is -5.61. The van der Waals surface area contributed by atoms with Gasteiger partial charge in [-0.1, -0.05) is 18.2 Å². The van der Waals surface area contributed by atoms with Crippen molar-refractivity contribution in [1.82, 2.24) is 20.0 Å². The smallest absolute Gasteiger partial charge is 0.416 e. The molecule has 1 N–H and O–H groups in total. The van der Waals surface area contributed by atoms with Gasteiger partial charge in [0.15, 0.2) is 11.1 Å². The summed E-state index contributed by atoms with van der Waals surface area (Å²) in [4.78, 5) is 42.7. The van der Waals surface area contributed by atoms with Gasteiger partial charge in [-0.15, -0.1) is 0 Å². The molecule has 43 heavy (non-hydrogen) atoms. The summed E-state index contributed by atoms with van der Waals surface area (Å²) in [7, 11) is 3.61. The number of benzene rings is 2. The van der Waals surface area contributed by atoms with Gasteiger partial charge in [0.25, 0.3) is 11.8 Å². The molecule has 5 rings (SSSR count). The molecule has 2 fully saturated rings. The van der Waals surface area contributed by atoms with E-state index in [1.807, 2.05) is 4.90 Å². The summed E-state index contributed by atoms with van der Waals surface area (Å²) in [6, 6.07) is 6.88. The first-order chi connectivity index (χ1) is 20.1. The summed E-state index contributed by atoms with van der Waals surface area (Å²) in [6.07, 6.45) is -6.11. The molecule has 1 atom stereocenters. The van der Waals surface area contributed by atoms with Gasteiger partial charge in [-0.25, -0.2) is 18.0 Å². The predicted molar refractivity (Wildman–Crippen MR) is 137 cm³/mol. The Bertz CT molecular complexity index is 1430. The van der Waals surface area contributed by atoms with Crippen LogP contribution in [0.25, 0.3) is 0 Å². The lowest BCUT2D eigenvalue weighted by atomic mass is 9.91. The Labute approximate surface area is 242 Å². The molecule has 2 aromatic carbocycles. The number of carbonyl (C=O) groups is 3. The van der Waals surface area contributed by atoms with Crippen LogP contribution in [0, 0.1) is 5.82 Å². The first kappa shape index (κ1) is 30.6. The molecule has 9 nitrogen and oxygen atoms in total. The lowest BCUT2D eigenvalue weighted by Crippen LogP contribution is -2.72. The number of nitrogens with zero attached hydrogens (tertiary/aromatic N) is 3. The molecule has 0 radical (unpaired) electrons. The summed E-state index contributed by atoms with van der Waals surface area (Å²) >= 11 is 0. The third kappa shape index (κ3) is 5.28. The fourth-order valence-electron chi connectivity index (χ4n) is 5.47. The average Bonchev–Trinajstić information content (AvgIpc) is 3.25. The van der Waals surface area contributed by atoms with Gasteiger partial charge in [0.05, 0.1) is 19.6 Å². The van der Waals surface area contributed by atoms with Crippen LogP contribution in [0.2, 0.25) is 0 Å². The van der Waals surface area contributed by atoms with Gasteiger partial charge < -0.3 is 24.6 Å². The molecule has 3 aliphatic rings. The van der Waals surface area contributed by atoms with E-state index in [0.29, 0.717) is 16.3 Å². The zero-order valence-corrected chi connectivity index (χ0v) is 23.1. The molecule has 1 spiro atoms. The molecule has 2 aliphatic heterocycles. The molecule has 4 amide bonds. The Morgan fingerprint density at radius 2 is 1.74 bits per heavy atom. The van der Waals surface area contributed by atoms with Crippen LogP contribution in [0.1, 0.15) is 23.1 Å². The van der Waals surface area contributed by atoms with Gasteiger partial charge in [0.1, 0.15) is 24.7 Å². The molecular weight excluding hydrogens is 586 g/mol. The van der Waals surface area contributed by atoms with Gasteiger partial charge in [0.2, 0.25) is 5.91 Å². The second-order valence-corrected chi connectivity index (χ2v) is 11.1. The van der Waals surface area contributed by atoms with E-state index in [1.54, 1.807) is 14.1 Å². The number of halogens is 6. The van der Waals surface area contributed by atoms with Crippen molar-refractivity contribution in [2.24, 2.45) is 0 Å². The lowest BCUT2D eigenvalue weighted by Gasteiger charge is -2.50. The third-order valence-electron chi connectivity index (χ3n) is 7.89. The summed E-state index contributed by atoms with van der Waals surface area (Å²) in [5.74, 6) is -6.57. The zero-order valence-electron chi connectivity index (χ0n) is 23.1. The van der Waals surface area contributed by atoms with Crippen LogP contribution >= 0.6 is 0 Å². The summed E-state index contributed by atoms with van der Waals surface area (Å²) in [6.45, 7) is -2.88. The van der Waals surface area contributed by atoms with Crippen LogP contribution in [0.4, 0.5) is 31.1 Å². The van der Waals surface area contributed by atoms with E-state index in [2.05, 4.69) is 5.32 Å².